The highest BCUT2D eigenvalue weighted by atomic mass is 79.9. The zero-order valence-electron chi connectivity index (χ0n) is 13.8. The van der Waals surface area contributed by atoms with Crippen LogP contribution in [0.4, 0.5) is 0 Å². The second kappa shape index (κ2) is 7.80. The molecule has 0 bridgehead atoms. The summed E-state index contributed by atoms with van der Waals surface area (Å²) in [5, 5.41) is 10.2. The number of aromatic nitrogens is 4. The molecule has 2 aromatic carbocycles. The van der Waals surface area contributed by atoms with Crippen molar-refractivity contribution in [2.24, 2.45) is 0 Å². The van der Waals surface area contributed by atoms with Crippen molar-refractivity contribution in [3.8, 4) is 22.5 Å². The normalized spacial score (nSPS) is 11.1. The second-order valence-corrected chi connectivity index (χ2v) is 8.51. The Hall–Kier alpha value is -1.60. The van der Waals surface area contributed by atoms with Crippen molar-refractivity contribution in [1.82, 2.24) is 19.6 Å². The largest absolute Gasteiger partial charge is 0.250 e. The summed E-state index contributed by atoms with van der Waals surface area (Å²) in [4.78, 5) is 0. The van der Waals surface area contributed by atoms with Crippen molar-refractivity contribution in [1.29, 1.82) is 0 Å². The molecule has 0 spiro atoms. The van der Waals surface area contributed by atoms with E-state index in [1.54, 1.807) is 17.1 Å². The Morgan fingerprint density at radius 1 is 0.852 bits per heavy atom. The van der Waals surface area contributed by atoms with Crippen LogP contribution < -0.4 is 0 Å². The summed E-state index contributed by atoms with van der Waals surface area (Å²) in [6, 6.07) is 15.9. The van der Waals surface area contributed by atoms with E-state index in [2.05, 4.69) is 37.0 Å². The molecule has 0 aliphatic rings. The van der Waals surface area contributed by atoms with Gasteiger partial charge in [0.1, 0.15) is 12.4 Å². The Bertz CT molecular complexity index is 1090. The average Bonchev–Trinajstić information content (AvgIpc) is 3.20. The van der Waals surface area contributed by atoms with E-state index in [1.165, 1.54) is 0 Å². The van der Waals surface area contributed by atoms with Crippen LogP contribution in [0, 0.1) is 0 Å². The summed E-state index contributed by atoms with van der Waals surface area (Å²) in [5.74, 6) is 0. The van der Waals surface area contributed by atoms with Gasteiger partial charge in [-0.05, 0) is 24.3 Å². The molecule has 136 valence electrons. The van der Waals surface area contributed by atoms with Crippen LogP contribution in [-0.2, 0) is 6.67 Å². The molecule has 0 N–H and O–H groups in total. The molecule has 4 nitrogen and oxygen atoms in total. The Balaban J connectivity index is 1.85. The molecule has 0 aliphatic carbocycles. The van der Waals surface area contributed by atoms with Crippen LogP contribution in [0.2, 0.25) is 10.0 Å². The summed E-state index contributed by atoms with van der Waals surface area (Å²) in [6.45, 7) is 0.397. The second-order valence-electron chi connectivity index (χ2n) is 5.86. The third-order valence-corrected chi connectivity index (χ3v) is 5.62. The number of hydrogen-bond acceptors (Lipinski definition) is 2. The van der Waals surface area contributed by atoms with Gasteiger partial charge in [-0.2, -0.15) is 10.2 Å². The molecule has 0 unspecified atom stereocenters. The molecule has 2 aromatic heterocycles. The van der Waals surface area contributed by atoms with Gasteiger partial charge in [0, 0.05) is 26.3 Å². The van der Waals surface area contributed by atoms with E-state index in [0.29, 0.717) is 16.7 Å². The molecule has 0 fully saturated rings. The van der Waals surface area contributed by atoms with E-state index in [4.69, 9.17) is 28.3 Å². The maximum Gasteiger partial charge on any atom is 0.133 e. The van der Waals surface area contributed by atoms with Crippen molar-refractivity contribution in [2.75, 3.05) is 0 Å². The Labute approximate surface area is 183 Å². The fourth-order valence-electron chi connectivity index (χ4n) is 2.77. The van der Waals surface area contributed by atoms with Crippen molar-refractivity contribution in [2.45, 2.75) is 6.67 Å². The summed E-state index contributed by atoms with van der Waals surface area (Å²) in [5.41, 5.74) is 3.46. The highest BCUT2D eigenvalue weighted by molar-refractivity contribution is 9.10. The molecule has 0 saturated heterocycles. The number of rotatable bonds is 4. The summed E-state index contributed by atoms with van der Waals surface area (Å²) in [6.07, 6.45) is 3.35. The van der Waals surface area contributed by atoms with Gasteiger partial charge < -0.3 is 0 Å². The summed E-state index contributed by atoms with van der Waals surface area (Å²) < 4.78 is 5.56. The first-order chi connectivity index (χ1) is 13.0. The molecule has 4 aromatic rings. The van der Waals surface area contributed by atoms with Gasteiger partial charge in [0.25, 0.3) is 0 Å². The van der Waals surface area contributed by atoms with Gasteiger partial charge in [-0.25, -0.2) is 9.36 Å². The van der Waals surface area contributed by atoms with Crippen molar-refractivity contribution < 1.29 is 0 Å². The van der Waals surface area contributed by atoms with E-state index in [9.17, 15) is 0 Å². The minimum absolute atomic E-state index is 0.397. The quantitative estimate of drug-likeness (QED) is 0.295. The molecule has 0 atom stereocenters. The van der Waals surface area contributed by atoms with E-state index < -0.39 is 0 Å². The molecular weight excluding hydrogens is 515 g/mol. The Kier molecular flexibility index (Phi) is 5.41. The summed E-state index contributed by atoms with van der Waals surface area (Å²) >= 11 is 19.7. The predicted octanol–water partition coefficient (Wildman–Crippen LogP) is 6.75. The van der Waals surface area contributed by atoms with Gasteiger partial charge in [0.15, 0.2) is 0 Å². The van der Waals surface area contributed by atoms with E-state index in [1.807, 2.05) is 53.2 Å². The average molecular weight is 527 g/mol. The molecule has 0 amide bonds. The molecule has 0 radical (unpaired) electrons. The summed E-state index contributed by atoms with van der Waals surface area (Å²) in [7, 11) is 0. The number of hydrogen-bond donors (Lipinski definition) is 0. The molecule has 2 heterocycles. The highest BCUT2D eigenvalue weighted by Crippen LogP contribution is 2.37. The van der Waals surface area contributed by atoms with Crippen LogP contribution in [0.3, 0.4) is 0 Å². The van der Waals surface area contributed by atoms with E-state index in [0.717, 1.165) is 31.5 Å². The molecule has 0 saturated carbocycles. The van der Waals surface area contributed by atoms with Gasteiger partial charge in [0.05, 0.1) is 21.9 Å². The van der Waals surface area contributed by atoms with Crippen molar-refractivity contribution >= 4 is 55.1 Å². The van der Waals surface area contributed by atoms with Gasteiger partial charge in [0.2, 0.25) is 0 Å². The fraction of sp³-hybridized carbons (Fsp3) is 0.0526. The highest BCUT2D eigenvalue weighted by Gasteiger charge is 2.19. The lowest BCUT2D eigenvalue weighted by Crippen LogP contribution is -2.11. The minimum atomic E-state index is 0.397. The lowest BCUT2D eigenvalue weighted by molar-refractivity contribution is 0.508. The number of halogens is 4. The standard InChI is InChI=1S/C19H12Br2Cl2N4/c20-14-5-1-12(2-6-14)18-17(23)19(13-3-7-15(21)8-4-13)27(25-18)11-26-10-16(22)9-24-26/h1-10H,11H2. The van der Waals surface area contributed by atoms with Gasteiger partial charge in [-0.3, -0.25) is 0 Å². The third kappa shape index (κ3) is 3.99. The lowest BCUT2D eigenvalue weighted by atomic mass is 10.1. The van der Waals surface area contributed by atoms with E-state index in [-0.39, 0.29) is 0 Å². The first kappa shape index (κ1) is 18.7. The van der Waals surface area contributed by atoms with Crippen molar-refractivity contribution in [3.63, 3.8) is 0 Å². The van der Waals surface area contributed by atoms with E-state index >= 15 is 0 Å². The SMILES string of the molecule is Clc1cnn(Cn2nc(-c3ccc(Br)cc3)c(Cl)c2-c2ccc(Br)cc2)c1. The molecule has 4 rings (SSSR count). The fourth-order valence-corrected chi connectivity index (χ4v) is 3.81. The molecule has 27 heavy (non-hydrogen) atoms. The molecule has 0 aliphatic heterocycles. The van der Waals surface area contributed by atoms with Gasteiger partial charge in [-0.15, -0.1) is 0 Å². The van der Waals surface area contributed by atoms with Gasteiger partial charge in [-0.1, -0.05) is 79.3 Å². The zero-order valence-corrected chi connectivity index (χ0v) is 18.5. The minimum Gasteiger partial charge on any atom is -0.250 e. The zero-order chi connectivity index (χ0) is 19.0. The van der Waals surface area contributed by atoms with Crippen LogP contribution in [0.15, 0.2) is 69.9 Å². The maximum atomic E-state index is 6.79. The Morgan fingerprint density at radius 2 is 1.44 bits per heavy atom. The van der Waals surface area contributed by atoms with Gasteiger partial charge >= 0.3 is 0 Å². The van der Waals surface area contributed by atoms with Crippen LogP contribution in [-0.4, -0.2) is 19.6 Å². The smallest absolute Gasteiger partial charge is 0.133 e. The first-order valence-electron chi connectivity index (χ1n) is 7.97. The predicted molar refractivity (Wildman–Crippen MR) is 116 cm³/mol. The first-order valence-corrected chi connectivity index (χ1v) is 10.3. The monoisotopic (exact) mass is 524 g/mol. The van der Waals surface area contributed by atoms with Crippen LogP contribution in [0.1, 0.15) is 0 Å². The molecular formula is C19H12Br2Cl2N4. The number of nitrogens with zero attached hydrogens (tertiary/aromatic N) is 4. The maximum absolute atomic E-state index is 6.79. The lowest BCUT2D eigenvalue weighted by Gasteiger charge is -2.08. The topological polar surface area (TPSA) is 35.6 Å². The Morgan fingerprint density at radius 3 is 2.00 bits per heavy atom. The van der Waals surface area contributed by atoms with Crippen LogP contribution in [0.5, 0.6) is 0 Å². The molecule has 8 heteroatoms. The van der Waals surface area contributed by atoms with Crippen molar-refractivity contribution in [3.05, 3.63) is 79.9 Å². The third-order valence-electron chi connectivity index (χ3n) is 4.01. The van der Waals surface area contributed by atoms with Crippen LogP contribution >= 0.6 is 55.1 Å². The number of benzene rings is 2. The van der Waals surface area contributed by atoms with Crippen LogP contribution in [0.25, 0.3) is 22.5 Å².